The molecule has 0 amide bonds. The number of rotatable bonds is 6. The third-order valence-corrected chi connectivity index (χ3v) is 5.72. The molecule has 0 atom stereocenters. The third kappa shape index (κ3) is 4.80. The van der Waals surface area contributed by atoms with E-state index in [1.165, 1.54) is 16.7 Å². The molecular weight excluding hydrogens is 352 g/mol. The van der Waals surface area contributed by atoms with Crippen LogP contribution in [0.5, 0.6) is 0 Å². The quantitative estimate of drug-likeness (QED) is 0.718. The molecule has 0 saturated carbocycles. The van der Waals surface area contributed by atoms with Crippen LogP contribution in [0.2, 0.25) is 0 Å². The lowest BCUT2D eigenvalue weighted by Crippen LogP contribution is -2.26. The Kier molecular flexibility index (Phi) is 6.51. The maximum atomic E-state index is 9.45. The summed E-state index contributed by atoms with van der Waals surface area (Å²) in [7, 11) is 0. The van der Waals surface area contributed by atoms with Crippen LogP contribution < -0.4 is 0 Å². The van der Waals surface area contributed by atoms with Crippen LogP contribution in [-0.2, 0) is 16.2 Å². The van der Waals surface area contributed by atoms with Crippen LogP contribution >= 0.6 is 15.9 Å². The highest BCUT2D eigenvalue weighted by atomic mass is 79.9. The van der Waals surface area contributed by atoms with Crippen molar-refractivity contribution in [2.75, 3.05) is 13.2 Å². The number of hydrogen-bond donors (Lipinski definition) is 2. The summed E-state index contributed by atoms with van der Waals surface area (Å²) >= 11 is 3.83. The first-order chi connectivity index (χ1) is 10.4. The van der Waals surface area contributed by atoms with Crippen molar-refractivity contribution in [2.24, 2.45) is 0 Å². The fourth-order valence-corrected chi connectivity index (χ4v) is 4.17. The van der Waals surface area contributed by atoms with E-state index >= 15 is 0 Å². The molecule has 1 aromatic carbocycles. The lowest BCUT2D eigenvalue weighted by molar-refractivity contribution is 0.249. The first kappa shape index (κ1) is 20.7. The molecule has 0 saturated heterocycles. The van der Waals surface area contributed by atoms with Crippen molar-refractivity contribution >= 4 is 15.9 Å². The van der Waals surface area contributed by atoms with Crippen molar-refractivity contribution < 1.29 is 10.2 Å². The van der Waals surface area contributed by atoms with Gasteiger partial charge in [-0.05, 0) is 45.8 Å². The summed E-state index contributed by atoms with van der Waals surface area (Å²) in [6, 6.07) is 4.55. The maximum Gasteiger partial charge on any atom is 0.0439 e. The summed E-state index contributed by atoms with van der Waals surface area (Å²) < 4.78 is 1.11. The predicted octanol–water partition coefficient (Wildman–Crippen LogP) is 5.07. The molecule has 132 valence electrons. The third-order valence-electron chi connectivity index (χ3n) is 4.87. The highest BCUT2D eigenvalue weighted by Gasteiger charge is 2.31. The summed E-state index contributed by atoms with van der Waals surface area (Å²) in [6.07, 6.45) is 1.44. The summed E-state index contributed by atoms with van der Waals surface area (Å²) in [5.41, 5.74) is 3.59. The Hall–Kier alpha value is -0.380. The van der Waals surface area contributed by atoms with E-state index in [4.69, 9.17) is 0 Å². The van der Waals surface area contributed by atoms with Gasteiger partial charge in [0.1, 0.15) is 0 Å². The Balaban J connectivity index is 3.65. The van der Waals surface area contributed by atoms with E-state index in [9.17, 15) is 10.2 Å². The molecule has 23 heavy (non-hydrogen) atoms. The van der Waals surface area contributed by atoms with Crippen LogP contribution in [0.25, 0.3) is 0 Å². The minimum Gasteiger partial charge on any atom is -0.396 e. The van der Waals surface area contributed by atoms with E-state index < -0.39 is 0 Å². The van der Waals surface area contributed by atoms with E-state index in [1.807, 2.05) is 0 Å². The summed E-state index contributed by atoms with van der Waals surface area (Å²) in [4.78, 5) is 0. The van der Waals surface area contributed by atoms with Gasteiger partial charge in [-0.3, -0.25) is 0 Å². The van der Waals surface area contributed by atoms with Gasteiger partial charge in [0.25, 0.3) is 0 Å². The van der Waals surface area contributed by atoms with Crippen LogP contribution in [0.3, 0.4) is 0 Å². The van der Waals surface area contributed by atoms with Crippen molar-refractivity contribution in [1.29, 1.82) is 0 Å². The second-order valence-corrected chi connectivity index (χ2v) is 9.64. The van der Waals surface area contributed by atoms with Crippen molar-refractivity contribution in [2.45, 2.75) is 77.6 Å². The van der Waals surface area contributed by atoms with Gasteiger partial charge in [0, 0.05) is 17.7 Å². The molecule has 1 rings (SSSR count). The van der Waals surface area contributed by atoms with Gasteiger partial charge in [0.05, 0.1) is 0 Å². The van der Waals surface area contributed by atoms with E-state index in [0.29, 0.717) is 0 Å². The molecule has 2 N–H and O–H groups in total. The Morgan fingerprint density at radius 2 is 1.13 bits per heavy atom. The minimum absolute atomic E-state index is 0.0504. The number of benzene rings is 1. The summed E-state index contributed by atoms with van der Waals surface area (Å²) in [6.45, 7) is 15.7. The fourth-order valence-electron chi connectivity index (χ4n) is 2.87. The maximum absolute atomic E-state index is 9.45. The molecule has 0 heterocycles. The fraction of sp³-hybridized carbons (Fsp3) is 0.700. The molecule has 0 aliphatic heterocycles. The average molecular weight is 385 g/mol. The first-order valence-electron chi connectivity index (χ1n) is 8.43. The van der Waals surface area contributed by atoms with E-state index in [2.05, 4.69) is 76.5 Å². The molecule has 0 unspecified atom stereocenters. The van der Waals surface area contributed by atoms with Crippen molar-refractivity contribution in [3.63, 3.8) is 0 Å². The molecule has 0 spiro atoms. The normalized spacial score (nSPS) is 13.5. The van der Waals surface area contributed by atoms with E-state index in [0.717, 1.165) is 17.3 Å². The Morgan fingerprint density at radius 3 is 1.39 bits per heavy atom. The number of aliphatic hydroxyl groups is 2. The van der Waals surface area contributed by atoms with Crippen LogP contribution in [0, 0.1) is 0 Å². The summed E-state index contributed by atoms with van der Waals surface area (Å²) in [5, 5.41) is 18.9. The van der Waals surface area contributed by atoms with Crippen LogP contribution in [0.1, 0.15) is 78.0 Å². The van der Waals surface area contributed by atoms with Gasteiger partial charge in [-0.2, -0.15) is 0 Å². The van der Waals surface area contributed by atoms with E-state index in [-0.39, 0.29) is 29.5 Å². The van der Waals surface area contributed by atoms with Crippen molar-refractivity contribution in [1.82, 2.24) is 0 Å². The molecule has 0 bridgehead atoms. The molecule has 0 fully saturated rings. The van der Waals surface area contributed by atoms with Crippen LogP contribution in [0.15, 0.2) is 16.6 Å². The zero-order valence-corrected chi connectivity index (χ0v) is 17.3. The highest BCUT2D eigenvalue weighted by Crippen LogP contribution is 2.43. The first-order valence-corrected chi connectivity index (χ1v) is 9.23. The monoisotopic (exact) mass is 384 g/mol. The van der Waals surface area contributed by atoms with Crippen molar-refractivity contribution in [3.05, 3.63) is 33.3 Å². The second-order valence-electron chi connectivity index (χ2n) is 8.85. The van der Waals surface area contributed by atoms with Gasteiger partial charge in [-0.15, -0.1) is 0 Å². The topological polar surface area (TPSA) is 40.5 Å². The van der Waals surface area contributed by atoms with Crippen LogP contribution in [-0.4, -0.2) is 23.4 Å². The Morgan fingerprint density at radius 1 is 0.783 bits per heavy atom. The molecule has 0 radical (unpaired) electrons. The van der Waals surface area contributed by atoms with Gasteiger partial charge in [-0.25, -0.2) is 0 Å². The number of aliphatic hydroxyl groups excluding tert-OH is 2. The van der Waals surface area contributed by atoms with Gasteiger partial charge in [0.15, 0.2) is 0 Å². The zero-order chi connectivity index (χ0) is 18.1. The van der Waals surface area contributed by atoms with Gasteiger partial charge >= 0.3 is 0 Å². The van der Waals surface area contributed by atoms with Crippen LogP contribution in [0.4, 0.5) is 0 Å². The van der Waals surface area contributed by atoms with Crippen molar-refractivity contribution in [3.8, 4) is 0 Å². The average Bonchev–Trinajstić information content (AvgIpc) is 2.36. The Labute approximate surface area is 150 Å². The highest BCUT2D eigenvalue weighted by molar-refractivity contribution is 9.10. The molecule has 3 heteroatoms. The van der Waals surface area contributed by atoms with Gasteiger partial charge in [0.2, 0.25) is 0 Å². The second kappa shape index (κ2) is 7.25. The summed E-state index contributed by atoms with van der Waals surface area (Å²) in [5.74, 6) is 0. The lowest BCUT2D eigenvalue weighted by atomic mass is 9.73. The van der Waals surface area contributed by atoms with Gasteiger partial charge < -0.3 is 10.2 Å². The molecule has 0 aromatic heterocycles. The minimum atomic E-state index is -0.112. The smallest absolute Gasteiger partial charge is 0.0439 e. The Bertz CT molecular complexity index is 500. The molecular formula is C20H33BrO2. The van der Waals surface area contributed by atoms with Gasteiger partial charge in [-0.1, -0.05) is 76.5 Å². The SMILES string of the molecule is CC(C)(C)c1cc(C(C)(C)CCO)c(Br)c(C(C)(C)CCO)c1. The molecule has 0 aliphatic carbocycles. The van der Waals surface area contributed by atoms with E-state index in [1.54, 1.807) is 0 Å². The predicted molar refractivity (Wildman–Crippen MR) is 102 cm³/mol. The molecule has 2 nitrogen and oxygen atoms in total. The molecule has 1 aromatic rings. The molecule has 0 aliphatic rings. The number of hydrogen-bond acceptors (Lipinski definition) is 2. The zero-order valence-electron chi connectivity index (χ0n) is 15.8. The largest absolute Gasteiger partial charge is 0.396 e. The number of halogens is 1. The standard InChI is InChI=1S/C20H33BrO2/c1-18(2,3)14-12-15(19(4,5)8-10-22)17(21)16(13-14)20(6,7)9-11-23/h12-13,22-23H,8-11H2,1-7H3. The lowest BCUT2D eigenvalue weighted by Gasteiger charge is -2.34.